The summed E-state index contributed by atoms with van der Waals surface area (Å²) in [4.78, 5) is 15.1. The molecule has 6 heteroatoms. The van der Waals surface area contributed by atoms with Crippen molar-refractivity contribution in [2.45, 2.75) is 12.8 Å². The summed E-state index contributed by atoms with van der Waals surface area (Å²) < 4.78 is 20.5. The third-order valence-corrected chi connectivity index (χ3v) is 11.1. The van der Waals surface area contributed by atoms with Gasteiger partial charge in [-0.25, -0.2) is 19.3 Å². The second kappa shape index (κ2) is 13.4. The van der Waals surface area contributed by atoms with Crippen LogP contribution in [0.4, 0.5) is 4.39 Å². The highest BCUT2D eigenvalue weighted by Crippen LogP contribution is 2.37. The van der Waals surface area contributed by atoms with E-state index in [0.29, 0.717) is 23.2 Å². The van der Waals surface area contributed by atoms with E-state index in [9.17, 15) is 0 Å². The number of allylic oxidation sites excluding steroid dienone is 1. The predicted molar refractivity (Wildman–Crippen MR) is 230 cm³/mol. The molecule has 0 aliphatic heterocycles. The zero-order chi connectivity index (χ0) is 37.9. The van der Waals surface area contributed by atoms with Crippen LogP contribution in [-0.4, -0.2) is 24.1 Å². The number of halogens is 1. The van der Waals surface area contributed by atoms with Crippen LogP contribution in [0.3, 0.4) is 0 Å². The highest BCUT2D eigenvalue weighted by atomic mass is 19.1. The third kappa shape index (κ3) is 5.56. The van der Waals surface area contributed by atoms with Crippen LogP contribution >= 0.6 is 0 Å². The lowest BCUT2D eigenvalue weighted by atomic mass is 10.0. The highest BCUT2D eigenvalue weighted by molar-refractivity contribution is 6.09. The molecule has 7 aromatic carbocycles. The fraction of sp³-hybridized carbons (Fsp3) is 0.0392. The Balaban J connectivity index is 0.972. The summed E-state index contributed by atoms with van der Waals surface area (Å²) in [7, 11) is 0. The monoisotopic (exact) mass is 735 g/mol. The average molecular weight is 736 g/mol. The fourth-order valence-corrected chi connectivity index (χ4v) is 8.46. The van der Waals surface area contributed by atoms with E-state index in [2.05, 4.69) is 77.4 Å². The summed E-state index contributed by atoms with van der Waals surface area (Å²) in [5.41, 5.74) is 11.7. The first-order valence-electron chi connectivity index (χ1n) is 19.3. The smallest absolute Gasteiger partial charge is 0.164 e. The van der Waals surface area contributed by atoms with Crippen LogP contribution in [0, 0.1) is 5.82 Å². The molecule has 0 spiro atoms. The number of benzene rings is 7. The van der Waals surface area contributed by atoms with Gasteiger partial charge in [0.25, 0.3) is 0 Å². The number of hydrogen-bond donors (Lipinski definition) is 0. The molecule has 3 aromatic heterocycles. The lowest BCUT2D eigenvalue weighted by Crippen LogP contribution is -2.02. The van der Waals surface area contributed by atoms with Crippen LogP contribution in [-0.2, 0) is 6.42 Å². The number of nitrogens with zero attached hydrogens (tertiary/aromatic N) is 5. The van der Waals surface area contributed by atoms with Gasteiger partial charge in [-0.15, -0.1) is 0 Å². The van der Waals surface area contributed by atoms with Crippen molar-refractivity contribution in [1.82, 2.24) is 24.1 Å². The molecule has 0 amide bonds. The molecule has 11 rings (SSSR count). The molecule has 10 aromatic rings. The summed E-state index contributed by atoms with van der Waals surface area (Å²) >= 11 is 0. The molecule has 1 aliphatic rings. The van der Waals surface area contributed by atoms with Gasteiger partial charge in [-0.05, 0) is 78.1 Å². The Kier molecular flexibility index (Phi) is 7.74. The molecule has 57 heavy (non-hydrogen) atoms. The molecule has 270 valence electrons. The van der Waals surface area contributed by atoms with Gasteiger partial charge in [0, 0.05) is 44.2 Å². The SMILES string of the molecule is Fc1cc(-c2ccc(-c3nc(-c4ccccc4)nc(-c4cccc(-n5c6c(c7ccccc75)CCC=C6)c4)n3)cc2)ccc1-n1c2ccccc2c2ccccc21. The van der Waals surface area contributed by atoms with E-state index in [1.165, 1.54) is 22.2 Å². The number of hydrogen-bond acceptors (Lipinski definition) is 3. The molecule has 5 nitrogen and oxygen atoms in total. The number of fused-ring (bicyclic) bond motifs is 6. The molecule has 0 unspecified atom stereocenters. The van der Waals surface area contributed by atoms with Crippen LogP contribution < -0.4 is 0 Å². The van der Waals surface area contributed by atoms with E-state index in [0.717, 1.165) is 68.2 Å². The fourth-order valence-electron chi connectivity index (χ4n) is 8.46. The van der Waals surface area contributed by atoms with Gasteiger partial charge in [-0.2, -0.15) is 0 Å². The van der Waals surface area contributed by atoms with Crippen LogP contribution in [0.1, 0.15) is 17.7 Å². The van der Waals surface area contributed by atoms with E-state index in [-0.39, 0.29) is 5.82 Å². The van der Waals surface area contributed by atoms with Crippen molar-refractivity contribution in [2.75, 3.05) is 0 Å². The van der Waals surface area contributed by atoms with Crippen LogP contribution in [0.15, 0.2) is 176 Å². The first-order chi connectivity index (χ1) is 28.2. The van der Waals surface area contributed by atoms with Crippen molar-refractivity contribution < 1.29 is 4.39 Å². The predicted octanol–water partition coefficient (Wildman–Crippen LogP) is 12.7. The molecule has 0 fully saturated rings. The molecule has 0 saturated heterocycles. The summed E-state index contributed by atoms with van der Waals surface area (Å²) in [6, 6.07) is 56.9. The molecule has 3 heterocycles. The Morgan fingerprint density at radius 3 is 1.67 bits per heavy atom. The average Bonchev–Trinajstić information content (AvgIpc) is 3.80. The zero-order valence-electron chi connectivity index (χ0n) is 30.8. The zero-order valence-corrected chi connectivity index (χ0v) is 30.8. The Hall–Kier alpha value is -7.44. The molecule has 0 N–H and O–H groups in total. The van der Waals surface area contributed by atoms with E-state index in [1.54, 1.807) is 6.07 Å². The second-order valence-electron chi connectivity index (χ2n) is 14.5. The normalized spacial score (nSPS) is 12.4. The van der Waals surface area contributed by atoms with Gasteiger partial charge in [0.1, 0.15) is 5.82 Å². The van der Waals surface area contributed by atoms with Crippen LogP contribution in [0.25, 0.3) is 95.5 Å². The van der Waals surface area contributed by atoms with Crippen molar-refractivity contribution in [1.29, 1.82) is 0 Å². The second-order valence-corrected chi connectivity index (χ2v) is 14.5. The summed E-state index contributed by atoms with van der Waals surface area (Å²) in [6.07, 6.45) is 6.58. The number of aromatic nitrogens is 5. The highest BCUT2D eigenvalue weighted by Gasteiger charge is 2.20. The lowest BCUT2D eigenvalue weighted by molar-refractivity contribution is 0.621. The lowest BCUT2D eigenvalue weighted by Gasteiger charge is -2.14. The minimum atomic E-state index is -0.288. The van der Waals surface area contributed by atoms with Crippen molar-refractivity contribution in [3.63, 3.8) is 0 Å². The van der Waals surface area contributed by atoms with Crippen molar-refractivity contribution in [3.05, 3.63) is 193 Å². The maximum atomic E-state index is 16.1. The number of para-hydroxylation sites is 3. The van der Waals surface area contributed by atoms with Crippen molar-refractivity contribution in [3.8, 4) is 56.7 Å². The maximum Gasteiger partial charge on any atom is 0.164 e. The van der Waals surface area contributed by atoms with E-state index >= 15 is 4.39 Å². The van der Waals surface area contributed by atoms with Gasteiger partial charge in [0.05, 0.1) is 22.2 Å². The minimum Gasteiger partial charge on any atom is -0.310 e. The number of rotatable bonds is 6. The Bertz CT molecular complexity index is 3140. The van der Waals surface area contributed by atoms with Crippen molar-refractivity contribution >= 4 is 38.8 Å². The minimum absolute atomic E-state index is 0.288. The van der Waals surface area contributed by atoms with Gasteiger partial charge in [-0.1, -0.05) is 133 Å². The first-order valence-corrected chi connectivity index (χ1v) is 19.3. The number of aryl methyl sites for hydroxylation is 1. The van der Waals surface area contributed by atoms with E-state index in [4.69, 9.17) is 15.0 Å². The van der Waals surface area contributed by atoms with Crippen LogP contribution in [0.2, 0.25) is 0 Å². The van der Waals surface area contributed by atoms with Crippen LogP contribution in [0.5, 0.6) is 0 Å². The maximum absolute atomic E-state index is 16.1. The molecular weight excluding hydrogens is 702 g/mol. The van der Waals surface area contributed by atoms with E-state index < -0.39 is 0 Å². The third-order valence-electron chi connectivity index (χ3n) is 11.1. The summed E-state index contributed by atoms with van der Waals surface area (Å²) in [5, 5.41) is 3.49. The molecule has 1 aliphatic carbocycles. The van der Waals surface area contributed by atoms with Gasteiger partial charge in [0.15, 0.2) is 17.5 Å². The van der Waals surface area contributed by atoms with Gasteiger partial charge >= 0.3 is 0 Å². The molecule has 0 saturated carbocycles. The summed E-state index contributed by atoms with van der Waals surface area (Å²) in [5.74, 6) is 1.47. The summed E-state index contributed by atoms with van der Waals surface area (Å²) in [6.45, 7) is 0. The van der Waals surface area contributed by atoms with Gasteiger partial charge in [0.2, 0.25) is 0 Å². The standard InChI is InChI=1S/C51H34FN5/c52-43-32-36(29-30-48(43)57-46-23-10-6-19-41(46)42-20-7-11-24-47(42)57)33-25-27-35(28-26-33)50-53-49(34-13-2-1-3-14-34)54-51(55-50)37-15-12-16-38(31-37)56-44-21-8-4-17-39(44)40-18-5-9-22-45(40)56/h1-4,6-17,19-32H,5,18H2. The molecule has 0 atom stereocenters. The Morgan fingerprint density at radius 2 is 0.982 bits per heavy atom. The topological polar surface area (TPSA) is 48.5 Å². The molecular formula is C51H34FN5. The Morgan fingerprint density at radius 1 is 0.439 bits per heavy atom. The van der Waals surface area contributed by atoms with Gasteiger partial charge < -0.3 is 9.13 Å². The quantitative estimate of drug-likeness (QED) is 0.171. The Labute approximate surface area is 328 Å². The van der Waals surface area contributed by atoms with E-state index in [1.807, 2.05) is 108 Å². The first kappa shape index (κ1) is 32.9. The van der Waals surface area contributed by atoms with Crippen molar-refractivity contribution in [2.24, 2.45) is 0 Å². The van der Waals surface area contributed by atoms with Gasteiger partial charge in [-0.3, -0.25) is 0 Å². The molecule has 0 bridgehead atoms. The largest absolute Gasteiger partial charge is 0.310 e. The molecule has 0 radical (unpaired) electrons.